The Labute approximate surface area is 74.5 Å². The second-order valence-electron chi connectivity index (χ2n) is 3.11. The smallest absolute Gasteiger partial charge is 0.307 e. The molecular weight excluding hydrogens is 148 g/mol. The largest absolute Gasteiger partial charge is 0.309 e. The number of hydrogen-bond acceptors (Lipinski definition) is 1. The van der Waals surface area contributed by atoms with Gasteiger partial charge in [-0.1, -0.05) is 17.8 Å². The lowest BCUT2D eigenvalue weighted by molar-refractivity contribution is 0.447. The molecule has 0 aromatic heterocycles. The third-order valence-corrected chi connectivity index (χ3v) is 2.11. The van der Waals surface area contributed by atoms with Crippen LogP contribution in [0.25, 0.3) is 4.85 Å². The molecular formula is C10H17N2+. The topological polar surface area (TPSA) is 16.4 Å². The summed E-state index contributed by atoms with van der Waals surface area (Å²) in [4.78, 5) is 4.06. The van der Waals surface area contributed by atoms with Gasteiger partial charge in [0.2, 0.25) is 0 Å². The minimum Gasteiger partial charge on any atom is -0.309 e. The molecule has 1 heterocycles. The zero-order valence-corrected chi connectivity index (χ0v) is 7.77. The van der Waals surface area contributed by atoms with Gasteiger partial charge in [-0.3, -0.25) is 0 Å². The number of nitrogens with one attached hydrogen (secondary N) is 1. The van der Waals surface area contributed by atoms with Crippen LogP contribution in [0, 0.1) is 6.07 Å². The van der Waals surface area contributed by atoms with Crippen LogP contribution in [-0.2, 0) is 0 Å². The Morgan fingerprint density at radius 2 is 2.50 bits per heavy atom. The highest BCUT2D eigenvalue weighted by Crippen LogP contribution is 2.12. The van der Waals surface area contributed by atoms with Crippen LogP contribution < -0.4 is 5.32 Å². The van der Waals surface area contributed by atoms with Crippen molar-refractivity contribution in [3.05, 3.63) is 17.0 Å². The van der Waals surface area contributed by atoms with E-state index in [-0.39, 0.29) is 0 Å². The summed E-state index contributed by atoms with van der Waals surface area (Å²) in [5, 5.41) is 3.41. The van der Waals surface area contributed by atoms with Gasteiger partial charge in [0.1, 0.15) is 0 Å². The average Bonchev–Trinajstić information content (AvgIpc) is 2.15. The summed E-state index contributed by atoms with van der Waals surface area (Å²) < 4.78 is 0. The standard InChI is InChI=1S/C10H17N2/c1-3-11-8-9(2)10-6-4-5-7-12-10/h10,12H,2-7H2,1H3/q+1. The summed E-state index contributed by atoms with van der Waals surface area (Å²) in [6.45, 7) is 7.86. The first-order chi connectivity index (χ1) is 5.84. The van der Waals surface area contributed by atoms with Crippen molar-refractivity contribution >= 4 is 0 Å². The molecule has 1 rings (SSSR count). The highest BCUT2D eigenvalue weighted by atomic mass is 14.9. The van der Waals surface area contributed by atoms with E-state index in [2.05, 4.69) is 22.8 Å². The molecule has 2 heteroatoms. The van der Waals surface area contributed by atoms with Crippen molar-refractivity contribution in [3.63, 3.8) is 0 Å². The minimum atomic E-state index is 0.425. The monoisotopic (exact) mass is 165 g/mol. The second-order valence-corrected chi connectivity index (χ2v) is 3.11. The zero-order chi connectivity index (χ0) is 8.81. The number of nitrogens with zero attached hydrogens (tertiary/aromatic N) is 1. The van der Waals surface area contributed by atoms with Gasteiger partial charge in [0, 0.05) is 13.0 Å². The molecule has 0 spiro atoms. The fourth-order valence-electron chi connectivity index (χ4n) is 1.41. The molecule has 0 saturated carbocycles. The first-order valence-corrected chi connectivity index (χ1v) is 4.69. The van der Waals surface area contributed by atoms with Crippen molar-refractivity contribution in [1.29, 1.82) is 0 Å². The summed E-state index contributed by atoms with van der Waals surface area (Å²) in [5.74, 6) is 0. The average molecular weight is 165 g/mol. The van der Waals surface area contributed by atoms with Crippen molar-refractivity contribution in [1.82, 2.24) is 5.32 Å². The van der Waals surface area contributed by atoms with Crippen molar-refractivity contribution < 1.29 is 0 Å². The van der Waals surface area contributed by atoms with Gasteiger partial charge in [-0.25, -0.2) is 0 Å². The van der Waals surface area contributed by atoms with E-state index >= 15 is 0 Å². The van der Waals surface area contributed by atoms with Crippen molar-refractivity contribution in [2.45, 2.75) is 32.2 Å². The van der Waals surface area contributed by atoms with E-state index in [0.29, 0.717) is 6.04 Å². The molecule has 0 amide bonds. The molecule has 1 fully saturated rings. The maximum atomic E-state index is 4.06. The molecule has 1 N–H and O–H groups in total. The van der Waals surface area contributed by atoms with E-state index in [4.69, 9.17) is 0 Å². The Hall–Kier alpha value is -0.810. The lowest BCUT2D eigenvalue weighted by atomic mass is 9.99. The Bertz CT molecular complexity index is 204. The Morgan fingerprint density at radius 3 is 3.08 bits per heavy atom. The molecule has 12 heavy (non-hydrogen) atoms. The Kier molecular flexibility index (Phi) is 3.83. The normalized spacial score (nSPS) is 22.6. The lowest BCUT2D eigenvalue weighted by Gasteiger charge is -2.20. The van der Waals surface area contributed by atoms with Crippen LogP contribution in [0.1, 0.15) is 26.2 Å². The van der Waals surface area contributed by atoms with E-state index in [9.17, 15) is 0 Å². The molecule has 1 unspecified atom stereocenters. The van der Waals surface area contributed by atoms with Gasteiger partial charge in [0.15, 0.2) is 0 Å². The number of rotatable bonds is 1. The summed E-state index contributed by atoms with van der Waals surface area (Å²) in [6, 6.07) is 3.40. The van der Waals surface area contributed by atoms with Crippen LogP contribution in [0.4, 0.5) is 0 Å². The predicted octanol–water partition coefficient (Wildman–Crippen LogP) is 2.04. The highest BCUT2D eigenvalue weighted by molar-refractivity contribution is 5.27. The maximum Gasteiger partial charge on any atom is 0.307 e. The van der Waals surface area contributed by atoms with Gasteiger partial charge in [0.25, 0.3) is 6.54 Å². The van der Waals surface area contributed by atoms with Crippen LogP contribution in [0.15, 0.2) is 12.2 Å². The van der Waals surface area contributed by atoms with Crippen LogP contribution in [0.2, 0.25) is 0 Å². The van der Waals surface area contributed by atoms with Crippen LogP contribution in [0.3, 0.4) is 0 Å². The molecule has 0 aromatic rings. The summed E-state index contributed by atoms with van der Waals surface area (Å²) in [5.41, 5.74) is 1.01. The summed E-state index contributed by atoms with van der Waals surface area (Å²) in [7, 11) is 0. The predicted molar refractivity (Wildman–Crippen MR) is 52.6 cm³/mol. The summed E-state index contributed by atoms with van der Waals surface area (Å²) in [6.07, 6.45) is 3.77. The first kappa shape index (κ1) is 9.28. The van der Waals surface area contributed by atoms with E-state index in [0.717, 1.165) is 18.7 Å². The fourth-order valence-corrected chi connectivity index (χ4v) is 1.41. The van der Waals surface area contributed by atoms with Crippen molar-refractivity contribution in [2.75, 3.05) is 13.1 Å². The van der Waals surface area contributed by atoms with Crippen molar-refractivity contribution in [2.24, 2.45) is 0 Å². The van der Waals surface area contributed by atoms with E-state index in [1.54, 1.807) is 0 Å². The molecule has 1 aliphatic heterocycles. The Balaban J connectivity index is 2.40. The first-order valence-electron chi connectivity index (χ1n) is 4.69. The minimum absolute atomic E-state index is 0.425. The third kappa shape index (κ3) is 2.67. The molecule has 1 atom stereocenters. The van der Waals surface area contributed by atoms with Crippen LogP contribution in [-0.4, -0.2) is 19.1 Å². The molecule has 2 nitrogen and oxygen atoms in total. The quantitative estimate of drug-likeness (QED) is 0.588. The molecule has 0 bridgehead atoms. The van der Waals surface area contributed by atoms with Crippen LogP contribution in [0.5, 0.6) is 0 Å². The fraction of sp³-hybridized carbons (Fsp3) is 0.700. The molecule has 0 aromatic carbocycles. The van der Waals surface area contributed by atoms with Gasteiger partial charge in [0.05, 0.1) is 5.57 Å². The Morgan fingerprint density at radius 1 is 1.67 bits per heavy atom. The van der Waals surface area contributed by atoms with E-state index in [1.807, 2.05) is 6.92 Å². The lowest BCUT2D eigenvalue weighted by Crippen LogP contribution is -2.34. The molecule has 1 aliphatic rings. The third-order valence-electron chi connectivity index (χ3n) is 2.11. The van der Waals surface area contributed by atoms with Gasteiger partial charge >= 0.3 is 6.07 Å². The number of piperidine rings is 1. The number of hydrogen-bond donors (Lipinski definition) is 1. The molecule has 0 radical (unpaired) electrons. The molecule has 1 saturated heterocycles. The summed E-state index contributed by atoms with van der Waals surface area (Å²) >= 11 is 0. The van der Waals surface area contributed by atoms with Crippen molar-refractivity contribution in [3.8, 4) is 6.07 Å². The van der Waals surface area contributed by atoms with Gasteiger partial charge in [-0.05, 0) is 19.4 Å². The van der Waals surface area contributed by atoms with Crippen LogP contribution >= 0.6 is 0 Å². The van der Waals surface area contributed by atoms with E-state index in [1.165, 1.54) is 19.3 Å². The second kappa shape index (κ2) is 4.95. The molecule has 0 aliphatic carbocycles. The highest BCUT2D eigenvalue weighted by Gasteiger charge is 2.16. The van der Waals surface area contributed by atoms with Gasteiger partial charge in [-0.15, -0.1) is 0 Å². The SMILES string of the molecule is C=C(C#[N+]CC)C1CCCCN1. The van der Waals surface area contributed by atoms with Gasteiger partial charge in [-0.2, -0.15) is 0 Å². The zero-order valence-electron chi connectivity index (χ0n) is 7.77. The van der Waals surface area contributed by atoms with Gasteiger partial charge < -0.3 is 5.32 Å². The molecule has 66 valence electrons. The maximum absolute atomic E-state index is 4.06. The van der Waals surface area contributed by atoms with E-state index < -0.39 is 0 Å².